The Hall–Kier alpha value is -1.68. The fourth-order valence-electron chi connectivity index (χ4n) is 1.71. The van der Waals surface area contributed by atoms with Crippen LogP contribution in [0.4, 0.5) is 4.39 Å². The van der Waals surface area contributed by atoms with Gasteiger partial charge in [-0.15, -0.1) is 0 Å². The minimum absolute atomic E-state index is 0.188. The molecule has 0 spiro atoms. The summed E-state index contributed by atoms with van der Waals surface area (Å²) < 4.78 is 12.7. The van der Waals surface area contributed by atoms with Gasteiger partial charge in [-0.3, -0.25) is 5.10 Å². The van der Waals surface area contributed by atoms with Gasteiger partial charge in [-0.2, -0.15) is 5.10 Å². The standard InChI is InChI=1S/C13H16FN3/c1-10(15-9-13-6-7-16-17-13)8-11-2-4-12(14)5-3-11/h2-7,10,15H,8-9H2,1H3,(H,16,17). The molecule has 1 aromatic carbocycles. The number of nitrogens with zero attached hydrogens (tertiary/aromatic N) is 1. The SMILES string of the molecule is CC(Cc1ccc(F)cc1)NCc1ccn[nH]1. The Labute approximate surface area is 100 Å². The van der Waals surface area contributed by atoms with E-state index in [1.165, 1.54) is 12.1 Å². The minimum atomic E-state index is -0.188. The number of benzene rings is 1. The molecule has 0 fully saturated rings. The Kier molecular flexibility index (Phi) is 3.88. The molecule has 0 bridgehead atoms. The summed E-state index contributed by atoms with van der Waals surface area (Å²) in [5, 5.41) is 10.2. The predicted octanol–water partition coefficient (Wildman–Crippen LogP) is 2.27. The number of halogens is 1. The molecule has 2 N–H and O–H groups in total. The van der Waals surface area contributed by atoms with Crippen molar-refractivity contribution in [1.29, 1.82) is 0 Å². The second-order valence-corrected chi connectivity index (χ2v) is 4.19. The van der Waals surface area contributed by atoms with Crippen LogP contribution in [0.3, 0.4) is 0 Å². The number of nitrogens with one attached hydrogen (secondary N) is 2. The summed E-state index contributed by atoms with van der Waals surface area (Å²) in [6.45, 7) is 2.88. The van der Waals surface area contributed by atoms with Crippen LogP contribution in [0, 0.1) is 5.82 Å². The van der Waals surface area contributed by atoms with Crippen molar-refractivity contribution in [1.82, 2.24) is 15.5 Å². The van der Waals surface area contributed by atoms with Crippen LogP contribution in [0.15, 0.2) is 36.5 Å². The van der Waals surface area contributed by atoms with E-state index in [1.54, 1.807) is 6.20 Å². The maximum atomic E-state index is 12.7. The molecule has 0 amide bonds. The first kappa shape index (κ1) is 11.8. The topological polar surface area (TPSA) is 40.7 Å². The van der Waals surface area contributed by atoms with E-state index in [2.05, 4.69) is 22.4 Å². The van der Waals surface area contributed by atoms with E-state index in [0.717, 1.165) is 24.2 Å². The lowest BCUT2D eigenvalue weighted by molar-refractivity contribution is 0.538. The molecular formula is C13H16FN3. The minimum Gasteiger partial charge on any atom is -0.308 e. The summed E-state index contributed by atoms with van der Waals surface area (Å²) in [5.41, 5.74) is 2.20. The highest BCUT2D eigenvalue weighted by Crippen LogP contribution is 2.06. The third-order valence-electron chi connectivity index (χ3n) is 2.65. The van der Waals surface area contributed by atoms with Gasteiger partial charge < -0.3 is 5.32 Å². The predicted molar refractivity (Wildman–Crippen MR) is 65.0 cm³/mol. The number of hydrogen-bond acceptors (Lipinski definition) is 2. The molecule has 17 heavy (non-hydrogen) atoms. The first-order chi connectivity index (χ1) is 8.24. The second kappa shape index (κ2) is 5.59. The lowest BCUT2D eigenvalue weighted by Gasteiger charge is -2.13. The maximum absolute atomic E-state index is 12.7. The van der Waals surface area contributed by atoms with Gasteiger partial charge in [0.15, 0.2) is 0 Å². The average Bonchev–Trinajstić information content (AvgIpc) is 2.83. The monoisotopic (exact) mass is 233 g/mol. The lowest BCUT2D eigenvalue weighted by Crippen LogP contribution is -2.27. The van der Waals surface area contributed by atoms with Crippen LogP contribution in [0.5, 0.6) is 0 Å². The summed E-state index contributed by atoms with van der Waals surface area (Å²) in [7, 11) is 0. The van der Waals surface area contributed by atoms with E-state index in [4.69, 9.17) is 0 Å². The van der Waals surface area contributed by atoms with Crippen LogP contribution in [0.1, 0.15) is 18.2 Å². The molecule has 2 rings (SSSR count). The molecular weight excluding hydrogens is 217 g/mol. The Morgan fingerprint density at radius 2 is 2.06 bits per heavy atom. The third-order valence-corrected chi connectivity index (χ3v) is 2.65. The van der Waals surface area contributed by atoms with Crippen LogP contribution in [0.25, 0.3) is 0 Å². The van der Waals surface area contributed by atoms with Gasteiger partial charge in [0.2, 0.25) is 0 Å². The van der Waals surface area contributed by atoms with Gasteiger partial charge in [0.05, 0.1) is 0 Å². The van der Waals surface area contributed by atoms with Crippen LogP contribution in [-0.4, -0.2) is 16.2 Å². The third kappa shape index (κ3) is 3.67. The van der Waals surface area contributed by atoms with Crippen molar-refractivity contribution < 1.29 is 4.39 Å². The van der Waals surface area contributed by atoms with Crippen LogP contribution in [-0.2, 0) is 13.0 Å². The molecule has 0 aliphatic carbocycles. The molecule has 0 aliphatic heterocycles. The van der Waals surface area contributed by atoms with Crippen LogP contribution < -0.4 is 5.32 Å². The molecule has 1 atom stereocenters. The molecule has 0 saturated heterocycles. The van der Waals surface area contributed by atoms with Gasteiger partial charge in [0.25, 0.3) is 0 Å². The van der Waals surface area contributed by atoms with Gasteiger partial charge in [0.1, 0.15) is 5.82 Å². The van der Waals surface area contributed by atoms with E-state index in [9.17, 15) is 4.39 Å². The van der Waals surface area contributed by atoms with E-state index >= 15 is 0 Å². The molecule has 1 aromatic heterocycles. The van der Waals surface area contributed by atoms with Crippen molar-refractivity contribution in [2.75, 3.05) is 0 Å². The van der Waals surface area contributed by atoms with Crippen molar-refractivity contribution in [3.8, 4) is 0 Å². The van der Waals surface area contributed by atoms with Gasteiger partial charge in [-0.1, -0.05) is 12.1 Å². The molecule has 3 nitrogen and oxygen atoms in total. The zero-order chi connectivity index (χ0) is 12.1. The Morgan fingerprint density at radius 3 is 2.71 bits per heavy atom. The summed E-state index contributed by atoms with van der Waals surface area (Å²) >= 11 is 0. The van der Waals surface area contributed by atoms with Crippen molar-refractivity contribution >= 4 is 0 Å². The van der Waals surface area contributed by atoms with E-state index in [1.807, 2.05) is 18.2 Å². The summed E-state index contributed by atoms with van der Waals surface area (Å²) in [6, 6.07) is 8.92. The van der Waals surface area contributed by atoms with E-state index < -0.39 is 0 Å². The first-order valence-corrected chi connectivity index (χ1v) is 5.70. The van der Waals surface area contributed by atoms with E-state index in [0.29, 0.717) is 6.04 Å². The second-order valence-electron chi connectivity index (χ2n) is 4.19. The van der Waals surface area contributed by atoms with Crippen molar-refractivity contribution in [3.05, 3.63) is 53.6 Å². The number of aromatic nitrogens is 2. The fraction of sp³-hybridized carbons (Fsp3) is 0.308. The number of aromatic amines is 1. The summed E-state index contributed by atoms with van der Waals surface area (Å²) in [4.78, 5) is 0. The number of rotatable bonds is 5. The summed E-state index contributed by atoms with van der Waals surface area (Å²) in [6.07, 6.45) is 2.62. The molecule has 1 unspecified atom stereocenters. The Morgan fingerprint density at radius 1 is 1.29 bits per heavy atom. The Balaban J connectivity index is 1.80. The fourth-order valence-corrected chi connectivity index (χ4v) is 1.71. The normalized spacial score (nSPS) is 12.6. The van der Waals surface area contributed by atoms with Crippen molar-refractivity contribution in [2.24, 2.45) is 0 Å². The van der Waals surface area contributed by atoms with Crippen molar-refractivity contribution in [2.45, 2.75) is 25.9 Å². The zero-order valence-electron chi connectivity index (χ0n) is 9.78. The molecule has 90 valence electrons. The summed E-state index contributed by atoms with van der Waals surface area (Å²) in [5.74, 6) is -0.188. The lowest BCUT2D eigenvalue weighted by atomic mass is 10.1. The molecule has 4 heteroatoms. The van der Waals surface area contributed by atoms with E-state index in [-0.39, 0.29) is 5.82 Å². The van der Waals surface area contributed by atoms with Gasteiger partial charge in [0, 0.05) is 24.5 Å². The molecule has 0 aliphatic rings. The molecule has 0 saturated carbocycles. The highest BCUT2D eigenvalue weighted by molar-refractivity contribution is 5.17. The number of H-pyrrole nitrogens is 1. The van der Waals surface area contributed by atoms with Gasteiger partial charge >= 0.3 is 0 Å². The number of hydrogen-bond donors (Lipinski definition) is 2. The van der Waals surface area contributed by atoms with Crippen molar-refractivity contribution in [3.63, 3.8) is 0 Å². The smallest absolute Gasteiger partial charge is 0.123 e. The first-order valence-electron chi connectivity index (χ1n) is 5.70. The average molecular weight is 233 g/mol. The van der Waals surface area contributed by atoms with Crippen LogP contribution >= 0.6 is 0 Å². The quantitative estimate of drug-likeness (QED) is 0.831. The maximum Gasteiger partial charge on any atom is 0.123 e. The molecule has 1 heterocycles. The highest BCUT2D eigenvalue weighted by atomic mass is 19.1. The molecule has 2 aromatic rings. The van der Waals surface area contributed by atoms with Crippen LogP contribution in [0.2, 0.25) is 0 Å². The van der Waals surface area contributed by atoms with Gasteiger partial charge in [-0.25, -0.2) is 4.39 Å². The zero-order valence-corrected chi connectivity index (χ0v) is 9.78. The van der Waals surface area contributed by atoms with Gasteiger partial charge in [-0.05, 0) is 37.1 Å². The molecule has 0 radical (unpaired) electrons. The highest BCUT2D eigenvalue weighted by Gasteiger charge is 2.03. The Bertz CT molecular complexity index is 436. The largest absolute Gasteiger partial charge is 0.308 e.